The first kappa shape index (κ1) is 12.0. The average Bonchev–Trinajstić information content (AvgIpc) is 2.63. The van der Waals surface area contributed by atoms with Gasteiger partial charge in [-0.05, 0) is 49.3 Å². The highest BCUT2D eigenvalue weighted by atomic mass is 32.2. The van der Waals surface area contributed by atoms with E-state index >= 15 is 0 Å². The Morgan fingerprint density at radius 2 is 2.12 bits per heavy atom. The fraction of sp³-hybridized carbons (Fsp3) is 0.200. The molecule has 0 fully saturated rings. The third-order valence-electron chi connectivity index (χ3n) is 1.99. The fourth-order valence-electron chi connectivity index (χ4n) is 1.23. The maximum atomic E-state index is 10.8. The molecule has 0 amide bonds. The number of carbonyl (C=O) groups is 1. The van der Waals surface area contributed by atoms with Crippen LogP contribution in [-0.4, -0.2) is 25.4 Å². The number of rotatable bonds is 3. The highest BCUT2D eigenvalue weighted by Gasteiger charge is 2.10. The van der Waals surface area contributed by atoms with Crippen LogP contribution in [0.15, 0.2) is 21.5 Å². The van der Waals surface area contributed by atoms with Crippen molar-refractivity contribution in [3.8, 4) is 0 Å². The van der Waals surface area contributed by atoms with Gasteiger partial charge in [0.15, 0.2) is 4.34 Å². The Morgan fingerprint density at radius 1 is 1.35 bits per heavy atom. The van der Waals surface area contributed by atoms with Crippen molar-refractivity contribution in [3.05, 3.63) is 29.2 Å². The third-order valence-corrected chi connectivity index (χ3v) is 3.77. The van der Waals surface area contributed by atoms with E-state index in [9.17, 15) is 4.79 Å². The lowest BCUT2D eigenvalue weighted by molar-refractivity contribution is 0.0695. The van der Waals surface area contributed by atoms with Crippen LogP contribution >= 0.6 is 23.3 Å². The topological polar surface area (TPSA) is 76.0 Å². The summed E-state index contributed by atoms with van der Waals surface area (Å²) in [5.74, 6) is -0.227. The van der Waals surface area contributed by atoms with Crippen molar-refractivity contribution in [2.75, 3.05) is 0 Å². The summed E-state index contributed by atoms with van der Waals surface area (Å²) in [5, 5.41) is 9.61. The first-order chi connectivity index (χ1) is 8.06. The molecule has 0 atom stereocenters. The minimum Gasteiger partial charge on any atom is -0.478 e. The van der Waals surface area contributed by atoms with Crippen molar-refractivity contribution in [2.24, 2.45) is 0 Å². The molecule has 2 aromatic rings. The van der Waals surface area contributed by atoms with Crippen LogP contribution < -0.4 is 0 Å². The smallest absolute Gasteiger partial charge is 0.337 e. The second-order valence-electron chi connectivity index (χ2n) is 3.30. The van der Waals surface area contributed by atoms with Crippen LogP contribution in [0.5, 0.6) is 0 Å². The summed E-state index contributed by atoms with van der Waals surface area (Å²) in [6.45, 7) is 3.51. The number of carboxylic acid groups (broad SMARTS) is 1. The summed E-state index contributed by atoms with van der Waals surface area (Å²) in [4.78, 5) is 19.3. The van der Waals surface area contributed by atoms with Gasteiger partial charge in [0.2, 0.25) is 0 Å². The van der Waals surface area contributed by atoms with Gasteiger partial charge >= 0.3 is 5.97 Å². The molecule has 2 aromatic heterocycles. The molecular weight excluding hydrogens is 258 g/mol. The zero-order chi connectivity index (χ0) is 12.4. The molecule has 17 heavy (non-hydrogen) atoms. The van der Waals surface area contributed by atoms with Gasteiger partial charge in [-0.15, -0.1) is 0 Å². The second-order valence-corrected chi connectivity index (χ2v) is 5.32. The van der Waals surface area contributed by atoms with Gasteiger partial charge in [-0.3, -0.25) is 0 Å². The molecule has 0 aliphatic rings. The monoisotopic (exact) mass is 267 g/mol. The molecule has 2 heterocycles. The van der Waals surface area contributed by atoms with Gasteiger partial charge in [-0.2, -0.15) is 4.37 Å². The van der Waals surface area contributed by atoms with Gasteiger partial charge in [0.25, 0.3) is 0 Å². The molecule has 0 spiro atoms. The Morgan fingerprint density at radius 3 is 2.65 bits per heavy atom. The molecule has 0 unspecified atom stereocenters. The van der Waals surface area contributed by atoms with Crippen LogP contribution in [0.25, 0.3) is 0 Å². The molecule has 0 aliphatic carbocycles. The summed E-state index contributed by atoms with van der Waals surface area (Å²) in [7, 11) is 0. The molecule has 7 heteroatoms. The van der Waals surface area contributed by atoms with E-state index in [4.69, 9.17) is 5.11 Å². The summed E-state index contributed by atoms with van der Waals surface area (Å²) in [5.41, 5.74) is 0.728. The lowest BCUT2D eigenvalue weighted by Crippen LogP contribution is -2.01. The van der Waals surface area contributed by atoms with Crippen LogP contribution in [0.4, 0.5) is 0 Å². The average molecular weight is 267 g/mol. The van der Waals surface area contributed by atoms with Crippen LogP contribution in [0, 0.1) is 13.8 Å². The SMILES string of the molecule is Cc1nsc(Sc2ccc(C(=O)O)c(C)n2)n1. The molecule has 0 radical (unpaired) electrons. The molecule has 0 saturated heterocycles. The van der Waals surface area contributed by atoms with Gasteiger partial charge in [-0.25, -0.2) is 14.8 Å². The first-order valence-corrected chi connectivity index (χ1v) is 6.34. The van der Waals surface area contributed by atoms with Gasteiger partial charge < -0.3 is 5.11 Å². The van der Waals surface area contributed by atoms with E-state index in [2.05, 4.69) is 14.3 Å². The number of hydrogen-bond donors (Lipinski definition) is 1. The van der Waals surface area contributed by atoms with Gasteiger partial charge in [-0.1, -0.05) is 0 Å². The number of hydrogen-bond acceptors (Lipinski definition) is 6. The second kappa shape index (κ2) is 4.80. The summed E-state index contributed by atoms with van der Waals surface area (Å²) >= 11 is 2.69. The summed E-state index contributed by atoms with van der Waals surface area (Å²) in [6.07, 6.45) is 0. The number of nitrogens with zero attached hydrogens (tertiary/aromatic N) is 3. The number of carboxylic acids is 1. The van der Waals surface area contributed by atoms with Gasteiger partial charge in [0.1, 0.15) is 10.9 Å². The highest BCUT2D eigenvalue weighted by Crippen LogP contribution is 2.27. The van der Waals surface area contributed by atoms with Crippen LogP contribution in [0.3, 0.4) is 0 Å². The van der Waals surface area contributed by atoms with Crippen molar-refractivity contribution in [1.29, 1.82) is 0 Å². The van der Waals surface area contributed by atoms with E-state index in [0.717, 1.165) is 15.2 Å². The van der Waals surface area contributed by atoms with E-state index < -0.39 is 5.97 Å². The number of pyridine rings is 1. The highest BCUT2D eigenvalue weighted by molar-refractivity contribution is 8.00. The lowest BCUT2D eigenvalue weighted by Gasteiger charge is -2.02. The number of aromatic carboxylic acids is 1. The molecule has 1 N–H and O–H groups in total. The lowest BCUT2D eigenvalue weighted by atomic mass is 10.2. The largest absolute Gasteiger partial charge is 0.478 e. The van der Waals surface area contributed by atoms with E-state index in [0.29, 0.717) is 5.69 Å². The standard InChI is InChI=1S/C10H9N3O2S2/c1-5-7(9(14)15)3-4-8(11-5)16-10-12-6(2)13-17-10/h3-4H,1-2H3,(H,14,15). The predicted molar refractivity (Wildman–Crippen MR) is 64.7 cm³/mol. The fourth-order valence-corrected chi connectivity index (χ4v) is 2.85. The maximum absolute atomic E-state index is 10.8. The zero-order valence-corrected chi connectivity index (χ0v) is 10.8. The molecule has 5 nitrogen and oxygen atoms in total. The van der Waals surface area contributed by atoms with Gasteiger partial charge in [0.05, 0.1) is 11.3 Å². The number of aryl methyl sites for hydroxylation is 2. The molecular formula is C10H9N3O2S2. The van der Waals surface area contributed by atoms with Crippen molar-refractivity contribution in [3.63, 3.8) is 0 Å². The molecule has 0 aromatic carbocycles. The number of aromatic nitrogens is 3. The van der Waals surface area contributed by atoms with E-state index in [1.165, 1.54) is 23.3 Å². The van der Waals surface area contributed by atoms with E-state index in [1.54, 1.807) is 19.1 Å². The predicted octanol–water partition coefficient (Wildman–Crippen LogP) is 2.40. The Hall–Kier alpha value is -1.47. The van der Waals surface area contributed by atoms with Crippen LogP contribution in [-0.2, 0) is 0 Å². The summed E-state index contributed by atoms with van der Waals surface area (Å²) < 4.78 is 4.87. The Bertz CT molecular complexity index is 568. The zero-order valence-electron chi connectivity index (χ0n) is 9.17. The van der Waals surface area contributed by atoms with Crippen LogP contribution in [0.2, 0.25) is 0 Å². The van der Waals surface area contributed by atoms with Crippen LogP contribution in [0.1, 0.15) is 21.9 Å². The van der Waals surface area contributed by atoms with Gasteiger partial charge in [0, 0.05) is 0 Å². The van der Waals surface area contributed by atoms with Crippen molar-refractivity contribution in [1.82, 2.24) is 14.3 Å². The Labute approximate surface area is 106 Å². The van der Waals surface area contributed by atoms with E-state index in [-0.39, 0.29) is 5.56 Å². The van der Waals surface area contributed by atoms with Crippen molar-refractivity contribution < 1.29 is 9.90 Å². The quantitative estimate of drug-likeness (QED) is 0.920. The Kier molecular flexibility index (Phi) is 3.39. The first-order valence-electron chi connectivity index (χ1n) is 4.75. The van der Waals surface area contributed by atoms with E-state index in [1.807, 2.05) is 6.92 Å². The maximum Gasteiger partial charge on any atom is 0.337 e. The molecule has 0 bridgehead atoms. The minimum absolute atomic E-state index is 0.225. The molecule has 88 valence electrons. The Balaban J connectivity index is 2.23. The normalized spacial score (nSPS) is 10.5. The minimum atomic E-state index is -0.960. The summed E-state index contributed by atoms with van der Waals surface area (Å²) in [6, 6.07) is 3.23. The molecule has 0 saturated carbocycles. The van der Waals surface area contributed by atoms with Crippen molar-refractivity contribution in [2.45, 2.75) is 23.2 Å². The molecule has 2 rings (SSSR count). The third kappa shape index (κ3) is 2.80. The molecule has 0 aliphatic heterocycles. The van der Waals surface area contributed by atoms with Crippen molar-refractivity contribution >= 4 is 29.3 Å².